The fraction of sp³-hybridized carbons (Fsp3) is 0.214. The zero-order valence-corrected chi connectivity index (χ0v) is 10.9. The molecule has 0 spiro atoms. The van der Waals surface area contributed by atoms with Crippen molar-refractivity contribution < 1.29 is 4.39 Å². The van der Waals surface area contributed by atoms with Gasteiger partial charge < -0.3 is 0 Å². The maximum atomic E-state index is 13.0. The smallest absolute Gasteiger partial charge is 0.141 e. The number of pyridine rings is 1. The van der Waals surface area contributed by atoms with Crippen LogP contribution in [-0.4, -0.2) is 16.9 Å². The van der Waals surface area contributed by atoms with Crippen LogP contribution in [0.5, 0.6) is 0 Å². The largest absolute Gasteiger partial charge is 0.296 e. The number of halogens is 2. The normalized spacial score (nSPS) is 10.9. The quantitative estimate of drug-likeness (QED) is 0.840. The molecule has 0 amide bonds. The van der Waals surface area contributed by atoms with Gasteiger partial charge in [-0.05, 0) is 36.9 Å². The first kappa shape index (κ1) is 13.0. The summed E-state index contributed by atoms with van der Waals surface area (Å²) < 4.78 is 13.0. The Morgan fingerprint density at radius 1 is 1.22 bits per heavy atom. The molecular weight excluding hydrogens is 251 g/mol. The second-order valence-corrected chi connectivity index (χ2v) is 4.65. The topological polar surface area (TPSA) is 16.1 Å². The molecule has 1 aromatic carbocycles. The van der Waals surface area contributed by atoms with E-state index in [4.69, 9.17) is 11.6 Å². The van der Waals surface area contributed by atoms with Crippen LogP contribution in [0.1, 0.15) is 11.3 Å². The fourth-order valence-electron chi connectivity index (χ4n) is 1.77. The number of hydrogen-bond acceptors (Lipinski definition) is 2. The molecule has 18 heavy (non-hydrogen) atoms. The lowest BCUT2D eigenvalue weighted by molar-refractivity contribution is 0.315. The predicted octanol–water partition coefficient (Wildman–Crippen LogP) is 3.51. The van der Waals surface area contributed by atoms with E-state index in [9.17, 15) is 4.39 Å². The third-order valence-corrected chi connectivity index (χ3v) is 2.88. The lowest BCUT2D eigenvalue weighted by Crippen LogP contribution is -2.17. The van der Waals surface area contributed by atoms with E-state index in [1.54, 1.807) is 18.3 Å². The van der Waals surface area contributed by atoms with Gasteiger partial charge in [0.2, 0.25) is 0 Å². The molecule has 4 heteroatoms. The van der Waals surface area contributed by atoms with Crippen LogP contribution in [0.4, 0.5) is 4.39 Å². The summed E-state index contributed by atoms with van der Waals surface area (Å²) in [5.41, 5.74) is 1.99. The molecule has 0 fully saturated rings. The average Bonchev–Trinajstić information content (AvgIpc) is 2.35. The van der Waals surface area contributed by atoms with Gasteiger partial charge in [-0.1, -0.05) is 23.7 Å². The van der Waals surface area contributed by atoms with Crippen LogP contribution >= 0.6 is 11.6 Å². The Morgan fingerprint density at radius 3 is 2.72 bits per heavy atom. The number of nitrogens with zero attached hydrogens (tertiary/aromatic N) is 2. The van der Waals surface area contributed by atoms with Crippen LogP contribution in [0.25, 0.3) is 0 Å². The first-order valence-electron chi connectivity index (χ1n) is 5.67. The van der Waals surface area contributed by atoms with Gasteiger partial charge in [-0.3, -0.25) is 9.88 Å². The molecule has 1 aromatic heterocycles. The molecule has 0 aliphatic heterocycles. The van der Waals surface area contributed by atoms with Gasteiger partial charge in [-0.25, -0.2) is 4.39 Å². The van der Waals surface area contributed by atoms with E-state index in [1.807, 2.05) is 25.2 Å². The summed E-state index contributed by atoms with van der Waals surface area (Å²) in [5.74, 6) is -0.382. The second kappa shape index (κ2) is 5.94. The highest BCUT2D eigenvalue weighted by molar-refractivity contribution is 6.30. The summed E-state index contributed by atoms with van der Waals surface area (Å²) in [7, 11) is 1.99. The van der Waals surface area contributed by atoms with Gasteiger partial charge in [-0.2, -0.15) is 0 Å². The van der Waals surface area contributed by atoms with Gasteiger partial charge in [0, 0.05) is 19.3 Å². The number of hydrogen-bond donors (Lipinski definition) is 0. The molecule has 0 saturated heterocycles. The highest BCUT2D eigenvalue weighted by Crippen LogP contribution is 2.17. The molecule has 0 saturated carbocycles. The highest BCUT2D eigenvalue weighted by atomic mass is 35.5. The predicted molar refractivity (Wildman–Crippen MR) is 70.8 cm³/mol. The first-order chi connectivity index (χ1) is 8.65. The van der Waals surface area contributed by atoms with Crippen molar-refractivity contribution in [3.8, 4) is 0 Å². The summed E-state index contributed by atoms with van der Waals surface area (Å²) in [5, 5.41) is 0.165. The van der Waals surface area contributed by atoms with Gasteiger partial charge in [-0.15, -0.1) is 0 Å². The summed E-state index contributed by atoms with van der Waals surface area (Å²) in [6.07, 6.45) is 1.78. The third-order valence-electron chi connectivity index (χ3n) is 2.59. The van der Waals surface area contributed by atoms with Gasteiger partial charge in [0.05, 0.1) is 10.7 Å². The molecule has 0 atom stereocenters. The number of aromatic nitrogens is 1. The lowest BCUT2D eigenvalue weighted by Gasteiger charge is -2.16. The molecule has 94 valence electrons. The molecule has 0 unspecified atom stereocenters. The molecule has 0 aliphatic rings. The average molecular weight is 265 g/mol. The van der Waals surface area contributed by atoms with Crippen molar-refractivity contribution >= 4 is 11.6 Å². The van der Waals surface area contributed by atoms with E-state index in [-0.39, 0.29) is 10.8 Å². The maximum absolute atomic E-state index is 13.0. The second-order valence-electron chi connectivity index (χ2n) is 4.24. The van der Waals surface area contributed by atoms with Crippen LogP contribution in [-0.2, 0) is 13.1 Å². The molecule has 2 aromatic rings. The minimum atomic E-state index is -0.382. The summed E-state index contributed by atoms with van der Waals surface area (Å²) in [6.45, 7) is 1.45. The van der Waals surface area contributed by atoms with E-state index in [0.29, 0.717) is 6.54 Å². The number of benzene rings is 1. The van der Waals surface area contributed by atoms with E-state index >= 15 is 0 Å². The zero-order valence-electron chi connectivity index (χ0n) is 10.1. The van der Waals surface area contributed by atoms with E-state index in [2.05, 4.69) is 9.88 Å². The Labute approximate surface area is 111 Å². The van der Waals surface area contributed by atoms with Crippen LogP contribution in [0.2, 0.25) is 5.02 Å². The van der Waals surface area contributed by atoms with Gasteiger partial charge >= 0.3 is 0 Å². The van der Waals surface area contributed by atoms with Crippen LogP contribution < -0.4 is 0 Å². The van der Waals surface area contributed by atoms with E-state index in [1.165, 1.54) is 6.07 Å². The molecule has 2 nitrogen and oxygen atoms in total. The molecular formula is C14H14ClFN2. The van der Waals surface area contributed by atoms with Crippen LogP contribution in [0.3, 0.4) is 0 Å². The summed E-state index contributed by atoms with van der Waals surface area (Å²) in [4.78, 5) is 6.37. The van der Waals surface area contributed by atoms with Crippen LogP contribution in [0.15, 0.2) is 42.6 Å². The monoisotopic (exact) mass is 264 g/mol. The Bertz CT molecular complexity index is 516. The maximum Gasteiger partial charge on any atom is 0.141 e. The van der Waals surface area contributed by atoms with E-state index < -0.39 is 0 Å². The first-order valence-corrected chi connectivity index (χ1v) is 6.05. The minimum Gasteiger partial charge on any atom is -0.296 e. The Balaban J connectivity index is 1.99. The van der Waals surface area contributed by atoms with Gasteiger partial charge in [0.15, 0.2) is 0 Å². The van der Waals surface area contributed by atoms with E-state index in [0.717, 1.165) is 17.8 Å². The fourth-order valence-corrected chi connectivity index (χ4v) is 1.98. The zero-order chi connectivity index (χ0) is 13.0. The molecule has 1 heterocycles. The van der Waals surface area contributed by atoms with Gasteiger partial charge in [0.25, 0.3) is 0 Å². The molecule has 0 radical (unpaired) electrons. The van der Waals surface area contributed by atoms with Crippen LogP contribution in [0, 0.1) is 5.82 Å². The lowest BCUT2D eigenvalue weighted by atomic mass is 10.2. The Hall–Kier alpha value is -1.45. The molecule has 0 N–H and O–H groups in total. The summed E-state index contributed by atoms with van der Waals surface area (Å²) >= 11 is 5.75. The van der Waals surface area contributed by atoms with Gasteiger partial charge in [0.1, 0.15) is 5.82 Å². The summed E-state index contributed by atoms with van der Waals surface area (Å²) in [6, 6.07) is 10.6. The Morgan fingerprint density at radius 2 is 2.06 bits per heavy atom. The molecule has 0 bridgehead atoms. The molecule has 2 rings (SSSR count). The van der Waals surface area contributed by atoms with Crippen molar-refractivity contribution in [1.82, 2.24) is 9.88 Å². The van der Waals surface area contributed by atoms with Crippen molar-refractivity contribution in [2.24, 2.45) is 0 Å². The standard InChI is InChI=1S/C14H14ClFN2/c1-18(10-12-4-2-3-7-17-12)9-11-5-6-14(16)13(15)8-11/h2-8H,9-10H2,1H3. The van der Waals surface area contributed by atoms with Crippen molar-refractivity contribution in [3.05, 3.63) is 64.7 Å². The van der Waals surface area contributed by atoms with Crippen molar-refractivity contribution in [1.29, 1.82) is 0 Å². The Kier molecular flexibility index (Phi) is 4.28. The van der Waals surface area contributed by atoms with Crippen molar-refractivity contribution in [2.75, 3.05) is 7.05 Å². The highest BCUT2D eigenvalue weighted by Gasteiger charge is 2.05. The minimum absolute atomic E-state index is 0.165. The van der Waals surface area contributed by atoms with Crippen molar-refractivity contribution in [3.63, 3.8) is 0 Å². The van der Waals surface area contributed by atoms with Crippen molar-refractivity contribution in [2.45, 2.75) is 13.1 Å². The number of rotatable bonds is 4. The SMILES string of the molecule is CN(Cc1ccc(F)c(Cl)c1)Cc1ccccn1. The molecule has 0 aliphatic carbocycles. The third kappa shape index (κ3) is 3.52.